The summed E-state index contributed by atoms with van der Waals surface area (Å²) in [7, 11) is 1.66. The fourth-order valence-corrected chi connectivity index (χ4v) is 5.55. The van der Waals surface area contributed by atoms with Crippen LogP contribution in [0.2, 0.25) is 0 Å². The van der Waals surface area contributed by atoms with Crippen LogP contribution in [0, 0.1) is 11.3 Å². The number of fused-ring (bicyclic) bond motifs is 2. The van der Waals surface area contributed by atoms with E-state index in [0.29, 0.717) is 17.5 Å². The molecule has 156 valence electrons. The van der Waals surface area contributed by atoms with E-state index in [1.165, 1.54) is 0 Å². The lowest BCUT2D eigenvalue weighted by atomic mass is 10.1. The van der Waals surface area contributed by atoms with Gasteiger partial charge in [-0.05, 0) is 36.4 Å². The molecular weight excluding hydrogens is 438 g/mol. The Morgan fingerprint density at radius 2 is 1.91 bits per heavy atom. The summed E-state index contributed by atoms with van der Waals surface area (Å²) >= 11 is 3.16. The minimum atomic E-state index is -0.108. The quantitative estimate of drug-likeness (QED) is 0.409. The number of thiazole rings is 1. The number of rotatable bonds is 4. The van der Waals surface area contributed by atoms with Gasteiger partial charge >= 0.3 is 0 Å². The van der Waals surface area contributed by atoms with Crippen LogP contribution in [-0.4, -0.2) is 18.0 Å². The van der Waals surface area contributed by atoms with Gasteiger partial charge in [-0.1, -0.05) is 36.0 Å². The van der Waals surface area contributed by atoms with Crippen LogP contribution in [0.1, 0.15) is 26.4 Å². The Kier molecular flexibility index (Phi) is 5.39. The van der Waals surface area contributed by atoms with E-state index >= 15 is 0 Å². The second kappa shape index (κ2) is 8.50. The van der Waals surface area contributed by atoms with Crippen molar-refractivity contribution < 1.29 is 9.53 Å². The highest BCUT2D eigenvalue weighted by molar-refractivity contribution is 7.99. The summed E-state index contributed by atoms with van der Waals surface area (Å²) in [6, 6.07) is 21.1. The summed E-state index contributed by atoms with van der Waals surface area (Å²) in [5.74, 6) is 0.669. The van der Waals surface area contributed by atoms with Gasteiger partial charge in [0.15, 0.2) is 0 Å². The van der Waals surface area contributed by atoms with Crippen molar-refractivity contribution in [1.29, 1.82) is 5.26 Å². The zero-order valence-corrected chi connectivity index (χ0v) is 18.7. The number of nitrogens with one attached hydrogen (secondary N) is 1. The zero-order valence-electron chi connectivity index (χ0n) is 17.1. The SMILES string of the molecule is COc1cc2c(cc1Cc1cnc(-c3ccc(C#N)cc3)s1)NC(=O)c1ccccc1S2. The van der Waals surface area contributed by atoms with Crippen molar-refractivity contribution in [2.45, 2.75) is 16.2 Å². The largest absolute Gasteiger partial charge is 0.496 e. The Bertz CT molecular complexity index is 1370. The molecule has 0 saturated heterocycles. The highest BCUT2D eigenvalue weighted by Gasteiger charge is 2.22. The Labute approximate surface area is 193 Å². The first-order valence-corrected chi connectivity index (χ1v) is 11.5. The van der Waals surface area contributed by atoms with Gasteiger partial charge in [0, 0.05) is 38.4 Å². The fourth-order valence-electron chi connectivity index (χ4n) is 3.57. The lowest BCUT2D eigenvalue weighted by Gasteiger charge is -2.13. The Balaban J connectivity index is 1.45. The summed E-state index contributed by atoms with van der Waals surface area (Å²) in [5.41, 5.74) is 4.04. The molecule has 0 radical (unpaired) electrons. The summed E-state index contributed by atoms with van der Waals surface area (Å²) in [6.07, 6.45) is 2.50. The highest BCUT2D eigenvalue weighted by atomic mass is 32.2. The van der Waals surface area contributed by atoms with Crippen LogP contribution in [0.25, 0.3) is 10.6 Å². The molecule has 7 heteroatoms. The monoisotopic (exact) mass is 455 g/mol. The molecule has 1 aromatic heterocycles. The van der Waals surface area contributed by atoms with Crippen molar-refractivity contribution >= 4 is 34.7 Å². The number of nitriles is 1. The van der Waals surface area contributed by atoms with Crippen molar-refractivity contribution in [2.24, 2.45) is 0 Å². The smallest absolute Gasteiger partial charge is 0.256 e. The number of carbonyl (C=O) groups is 1. The van der Waals surface area contributed by atoms with E-state index in [-0.39, 0.29) is 5.91 Å². The van der Waals surface area contributed by atoms with Crippen molar-refractivity contribution in [1.82, 2.24) is 4.98 Å². The first-order chi connectivity index (χ1) is 15.6. The molecule has 1 amide bonds. The minimum Gasteiger partial charge on any atom is -0.496 e. The van der Waals surface area contributed by atoms with Gasteiger partial charge in [0.2, 0.25) is 0 Å². The van der Waals surface area contributed by atoms with Crippen molar-refractivity contribution in [3.63, 3.8) is 0 Å². The number of benzene rings is 3. The average Bonchev–Trinajstić information content (AvgIpc) is 3.24. The second-order valence-electron chi connectivity index (χ2n) is 7.21. The second-order valence-corrected chi connectivity index (χ2v) is 9.41. The topological polar surface area (TPSA) is 75.0 Å². The van der Waals surface area contributed by atoms with Crippen molar-refractivity contribution in [3.05, 3.63) is 88.4 Å². The maximum Gasteiger partial charge on any atom is 0.256 e. The molecule has 32 heavy (non-hydrogen) atoms. The summed E-state index contributed by atoms with van der Waals surface area (Å²) in [4.78, 5) is 20.2. The Morgan fingerprint density at radius 3 is 2.69 bits per heavy atom. The minimum absolute atomic E-state index is 0.108. The number of methoxy groups -OCH3 is 1. The standard InChI is InChI=1S/C25H17N3O2S2/c1-30-21-12-23-20(28-24(29)19-4-2-3-5-22(19)32-23)11-17(21)10-18-14-27-25(31-18)16-8-6-15(13-26)7-9-16/h2-9,11-12,14H,10H2,1H3,(H,28,29). The molecular formula is C25H17N3O2S2. The molecule has 1 aliphatic rings. The predicted octanol–water partition coefficient (Wildman–Crippen LogP) is 6.00. The molecule has 0 saturated carbocycles. The normalized spacial score (nSPS) is 12.2. The third kappa shape index (κ3) is 3.86. The van der Waals surface area contributed by atoms with Gasteiger partial charge in [-0.15, -0.1) is 11.3 Å². The van der Waals surface area contributed by atoms with Crippen LogP contribution in [0.3, 0.4) is 0 Å². The molecule has 0 atom stereocenters. The molecule has 2 heterocycles. The molecule has 5 rings (SSSR count). The molecule has 3 aromatic carbocycles. The van der Waals surface area contributed by atoms with Crippen LogP contribution in [-0.2, 0) is 6.42 Å². The molecule has 0 fully saturated rings. The number of carbonyl (C=O) groups excluding carboxylic acids is 1. The number of amides is 1. The molecule has 1 aliphatic heterocycles. The third-order valence-electron chi connectivity index (χ3n) is 5.16. The molecule has 5 nitrogen and oxygen atoms in total. The van der Waals surface area contributed by atoms with E-state index in [9.17, 15) is 4.79 Å². The van der Waals surface area contributed by atoms with Crippen LogP contribution in [0.15, 0.2) is 76.7 Å². The maximum atomic E-state index is 12.7. The van der Waals surface area contributed by atoms with Crippen LogP contribution in [0.4, 0.5) is 5.69 Å². The molecule has 0 spiro atoms. The van der Waals surface area contributed by atoms with Gasteiger partial charge in [-0.2, -0.15) is 5.26 Å². The molecule has 1 N–H and O–H groups in total. The number of hydrogen-bond donors (Lipinski definition) is 1. The van der Waals surface area contributed by atoms with Crippen molar-refractivity contribution in [2.75, 3.05) is 12.4 Å². The van der Waals surface area contributed by atoms with E-state index in [4.69, 9.17) is 10.00 Å². The molecule has 0 bridgehead atoms. The summed E-state index contributed by atoms with van der Waals surface area (Å²) < 4.78 is 5.68. The number of hydrogen-bond acceptors (Lipinski definition) is 6. The van der Waals surface area contributed by atoms with Gasteiger partial charge in [-0.3, -0.25) is 4.79 Å². The fraction of sp³-hybridized carbons (Fsp3) is 0.0800. The number of nitrogens with zero attached hydrogens (tertiary/aromatic N) is 2. The van der Waals surface area contributed by atoms with E-state index < -0.39 is 0 Å². The first-order valence-electron chi connectivity index (χ1n) is 9.89. The average molecular weight is 456 g/mol. The van der Waals surface area contributed by atoms with Gasteiger partial charge in [0.05, 0.1) is 30.0 Å². The Hall–Kier alpha value is -3.60. The third-order valence-corrected chi connectivity index (χ3v) is 7.34. The lowest BCUT2D eigenvalue weighted by molar-refractivity contribution is 0.102. The van der Waals surface area contributed by atoms with Crippen LogP contribution in [0.5, 0.6) is 5.75 Å². The number of aromatic nitrogens is 1. The zero-order chi connectivity index (χ0) is 22.1. The van der Waals surface area contributed by atoms with Gasteiger partial charge in [0.1, 0.15) is 10.8 Å². The highest BCUT2D eigenvalue weighted by Crippen LogP contribution is 2.42. The molecule has 0 unspecified atom stereocenters. The summed E-state index contributed by atoms with van der Waals surface area (Å²) in [6.45, 7) is 0. The van der Waals surface area contributed by atoms with Gasteiger partial charge in [0.25, 0.3) is 5.91 Å². The van der Waals surface area contributed by atoms with Gasteiger partial charge in [-0.25, -0.2) is 4.98 Å². The number of ether oxygens (including phenoxy) is 1. The van der Waals surface area contributed by atoms with Crippen molar-refractivity contribution in [3.8, 4) is 22.4 Å². The molecule has 4 aromatic rings. The molecule has 0 aliphatic carbocycles. The van der Waals surface area contributed by atoms with E-state index in [1.807, 2.05) is 54.7 Å². The van der Waals surface area contributed by atoms with E-state index in [0.717, 1.165) is 42.2 Å². The van der Waals surface area contributed by atoms with Crippen LogP contribution < -0.4 is 10.1 Å². The van der Waals surface area contributed by atoms with E-state index in [2.05, 4.69) is 16.4 Å². The number of anilines is 1. The van der Waals surface area contributed by atoms with Gasteiger partial charge < -0.3 is 10.1 Å². The Morgan fingerprint density at radius 1 is 1.09 bits per heavy atom. The summed E-state index contributed by atoms with van der Waals surface area (Å²) in [5, 5.41) is 12.9. The van der Waals surface area contributed by atoms with Crippen LogP contribution >= 0.6 is 23.1 Å². The first kappa shape index (κ1) is 20.3. The lowest BCUT2D eigenvalue weighted by Crippen LogP contribution is -2.11. The van der Waals surface area contributed by atoms with E-state index in [1.54, 1.807) is 42.3 Å². The predicted molar refractivity (Wildman–Crippen MR) is 127 cm³/mol. The maximum absolute atomic E-state index is 12.7.